The Morgan fingerprint density at radius 1 is 1.00 bits per heavy atom. The molecule has 0 spiro atoms. The third-order valence-electron chi connectivity index (χ3n) is 4.36. The second-order valence-electron chi connectivity index (χ2n) is 6.93. The van der Waals surface area contributed by atoms with E-state index < -0.39 is 68.8 Å². The van der Waals surface area contributed by atoms with Crippen LogP contribution >= 0.6 is 0 Å². The molecule has 33 heavy (non-hydrogen) atoms. The van der Waals surface area contributed by atoms with Gasteiger partial charge in [-0.25, -0.2) is 13.1 Å². The van der Waals surface area contributed by atoms with E-state index in [1.807, 2.05) is 0 Å². The van der Waals surface area contributed by atoms with Gasteiger partial charge in [0.15, 0.2) is 0 Å². The minimum Gasteiger partial charge on any atom is -0.299 e. The Kier molecular flexibility index (Phi) is 8.47. The van der Waals surface area contributed by atoms with Gasteiger partial charge in [0.25, 0.3) is 0 Å². The molecule has 0 aliphatic rings. The van der Waals surface area contributed by atoms with Crippen LogP contribution in [0.1, 0.15) is 23.6 Å². The fraction of sp³-hybridized carbons (Fsp3) is 0.350. The van der Waals surface area contributed by atoms with E-state index >= 15 is 0 Å². The number of ketones is 1. The van der Waals surface area contributed by atoms with Crippen molar-refractivity contribution in [3.63, 3.8) is 0 Å². The highest BCUT2D eigenvalue weighted by molar-refractivity contribution is 7.89. The average Bonchev–Trinajstić information content (AvgIpc) is 2.71. The Morgan fingerprint density at radius 3 is 2.24 bits per heavy atom. The van der Waals surface area contributed by atoms with Crippen LogP contribution < -0.4 is 4.72 Å². The lowest BCUT2D eigenvalue weighted by Gasteiger charge is -2.13. The lowest BCUT2D eigenvalue weighted by Crippen LogP contribution is -2.33. The van der Waals surface area contributed by atoms with Gasteiger partial charge in [-0.05, 0) is 35.4 Å². The Labute approximate surface area is 188 Å². The van der Waals surface area contributed by atoms with E-state index in [0.717, 1.165) is 36.4 Å². The Bertz CT molecular complexity index is 1140. The summed E-state index contributed by atoms with van der Waals surface area (Å²) in [5.74, 6) is -0.478. The van der Waals surface area contributed by atoms with E-state index in [4.69, 9.17) is 0 Å². The Balaban J connectivity index is 2.32. The number of hydrogen-bond acceptors (Lipinski definition) is 4. The van der Waals surface area contributed by atoms with Crippen LogP contribution in [0.4, 0.5) is 26.3 Å². The maximum Gasteiger partial charge on any atom is 0.416 e. The molecule has 1 atom stereocenters. The van der Waals surface area contributed by atoms with Gasteiger partial charge < -0.3 is 0 Å². The molecule has 0 aliphatic heterocycles. The van der Waals surface area contributed by atoms with Crippen LogP contribution in [0.25, 0.3) is 0 Å². The normalized spacial score (nSPS) is 13.7. The first-order valence-electron chi connectivity index (χ1n) is 9.38. The zero-order valence-electron chi connectivity index (χ0n) is 17.1. The molecule has 0 saturated carbocycles. The number of rotatable bonds is 9. The van der Waals surface area contributed by atoms with Gasteiger partial charge in [0.1, 0.15) is 12.3 Å². The molecule has 2 aromatic carbocycles. The zero-order valence-corrected chi connectivity index (χ0v) is 18.7. The monoisotopic (exact) mass is 515 g/mol. The molecule has 13 heteroatoms. The molecule has 0 aromatic heterocycles. The molecule has 1 N–H and O–H groups in total. The van der Waals surface area contributed by atoms with E-state index in [9.17, 15) is 43.8 Å². The zero-order chi connectivity index (χ0) is 25.0. The molecule has 0 amide bonds. The third-order valence-corrected chi connectivity index (χ3v) is 7.17. The number of sulfonamides is 1. The van der Waals surface area contributed by atoms with E-state index in [0.29, 0.717) is 0 Å². The SMILES string of the molecule is CCS(=O)c1ccc(S(=O)(=O)NCC(F)(F)F)cc1CC(=O)Cc1cccc(C(F)(F)F)c1. The summed E-state index contributed by atoms with van der Waals surface area (Å²) < 4.78 is 114. The number of alkyl halides is 6. The summed E-state index contributed by atoms with van der Waals surface area (Å²) in [6.07, 6.45) is -10.3. The molecule has 1 unspecified atom stereocenters. The van der Waals surface area contributed by atoms with Gasteiger partial charge in [0, 0.05) is 23.5 Å². The number of carbonyl (C=O) groups is 1. The highest BCUT2D eigenvalue weighted by Gasteiger charge is 2.31. The first-order chi connectivity index (χ1) is 15.1. The van der Waals surface area contributed by atoms with Crippen molar-refractivity contribution >= 4 is 26.6 Å². The first-order valence-corrected chi connectivity index (χ1v) is 12.2. The molecule has 0 bridgehead atoms. The van der Waals surface area contributed by atoms with Crippen LogP contribution in [0.2, 0.25) is 0 Å². The van der Waals surface area contributed by atoms with Crippen molar-refractivity contribution in [2.45, 2.75) is 41.9 Å². The quantitative estimate of drug-likeness (QED) is 0.512. The summed E-state index contributed by atoms with van der Waals surface area (Å²) in [4.78, 5) is 12.1. The van der Waals surface area contributed by atoms with Crippen LogP contribution in [-0.2, 0) is 44.6 Å². The molecule has 0 heterocycles. The van der Waals surface area contributed by atoms with Gasteiger partial charge in [-0.1, -0.05) is 25.1 Å². The van der Waals surface area contributed by atoms with Crippen molar-refractivity contribution in [3.05, 3.63) is 59.2 Å². The number of carbonyl (C=O) groups excluding carboxylic acids is 1. The van der Waals surface area contributed by atoms with E-state index in [2.05, 4.69) is 0 Å². The fourth-order valence-corrected chi connectivity index (χ4v) is 4.88. The first kappa shape index (κ1) is 27.0. The molecule has 2 rings (SSSR count). The van der Waals surface area contributed by atoms with E-state index in [-0.39, 0.29) is 21.8 Å². The summed E-state index contributed by atoms with van der Waals surface area (Å²) in [6, 6.07) is 7.19. The molecule has 0 saturated heterocycles. The van der Waals surface area contributed by atoms with Gasteiger partial charge in [-0.15, -0.1) is 0 Å². The second-order valence-corrected chi connectivity index (χ2v) is 10.4. The second kappa shape index (κ2) is 10.3. The predicted octanol–water partition coefficient (Wildman–Crippen LogP) is 4.03. The van der Waals surface area contributed by atoms with Gasteiger partial charge in [0.2, 0.25) is 10.0 Å². The van der Waals surface area contributed by atoms with Crippen LogP contribution in [0, 0.1) is 0 Å². The predicted molar refractivity (Wildman–Crippen MR) is 108 cm³/mol. The number of benzene rings is 2. The van der Waals surface area contributed by atoms with E-state index in [1.54, 1.807) is 6.92 Å². The Morgan fingerprint density at radius 2 is 1.67 bits per heavy atom. The van der Waals surface area contributed by atoms with Crippen molar-refractivity contribution < 1.29 is 43.8 Å². The van der Waals surface area contributed by atoms with Crippen LogP contribution in [-0.4, -0.2) is 36.9 Å². The third kappa shape index (κ3) is 7.93. The Hall–Kier alpha value is -2.25. The highest BCUT2D eigenvalue weighted by Crippen LogP contribution is 2.30. The molecular weight excluding hydrogens is 496 g/mol. The number of nitrogens with one attached hydrogen (secondary N) is 1. The van der Waals surface area contributed by atoms with E-state index in [1.165, 1.54) is 10.8 Å². The minimum absolute atomic E-state index is 0.00189. The fourth-order valence-electron chi connectivity index (χ4n) is 2.86. The van der Waals surface area contributed by atoms with Crippen LogP contribution in [0.5, 0.6) is 0 Å². The molecular formula is C20H19F6NO4S2. The van der Waals surface area contributed by atoms with Gasteiger partial charge in [-0.3, -0.25) is 9.00 Å². The maximum atomic E-state index is 12.9. The minimum atomic E-state index is -4.79. The summed E-state index contributed by atoms with van der Waals surface area (Å²) >= 11 is 0. The number of halogens is 6. The summed E-state index contributed by atoms with van der Waals surface area (Å²) in [5.41, 5.74) is -0.866. The van der Waals surface area contributed by atoms with Crippen molar-refractivity contribution in [1.82, 2.24) is 4.72 Å². The molecule has 2 aromatic rings. The van der Waals surface area contributed by atoms with Crippen LogP contribution in [0.15, 0.2) is 52.3 Å². The smallest absolute Gasteiger partial charge is 0.299 e. The average molecular weight is 515 g/mol. The summed E-state index contributed by atoms with van der Waals surface area (Å²) in [5, 5.41) is 0. The maximum absolute atomic E-state index is 12.9. The van der Waals surface area contributed by atoms with Gasteiger partial charge in [0.05, 0.1) is 21.3 Å². The lowest BCUT2D eigenvalue weighted by molar-refractivity contribution is -0.137. The largest absolute Gasteiger partial charge is 0.416 e. The topological polar surface area (TPSA) is 80.3 Å². The van der Waals surface area contributed by atoms with Gasteiger partial charge in [-0.2, -0.15) is 26.3 Å². The molecule has 5 nitrogen and oxygen atoms in total. The standard InChI is InChI=1S/C20H19F6NO4S2/c1-2-32(29)18-7-6-17(33(30,31)27-12-19(21,22)23)11-14(18)10-16(28)9-13-4-3-5-15(8-13)20(24,25)26/h3-8,11,27H,2,9-10,12H2,1H3. The van der Waals surface area contributed by atoms with Crippen molar-refractivity contribution in [2.75, 3.05) is 12.3 Å². The van der Waals surface area contributed by atoms with Crippen molar-refractivity contribution in [1.29, 1.82) is 0 Å². The molecule has 0 radical (unpaired) electrons. The molecule has 182 valence electrons. The summed E-state index contributed by atoms with van der Waals surface area (Å²) in [6.45, 7) is -0.234. The van der Waals surface area contributed by atoms with Crippen molar-refractivity contribution in [3.8, 4) is 0 Å². The molecule has 0 aliphatic carbocycles. The number of Topliss-reactive ketones (excluding diaryl/α,β-unsaturated/α-hetero) is 1. The number of hydrogen-bond donors (Lipinski definition) is 1. The highest BCUT2D eigenvalue weighted by atomic mass is 32.2. The van der Waals surface area contributed by atoms with Gasteiger partial charge >= 0.3 is 12.4 Å². The molecule has 0 fully saturated rings. The van der Waals surface area contributed by atoms with Crippen LogP contribution in [0.3, 0.4) is 0 Å². The summed E-state index contributed by atoms with van der Waals surface area (Å²) in [7, 11) is -6.22. The lowest BCUT2D eigenvalue weighted by atomic mass is 10.0. The van der Waals surface area contributed by atoms with Crippen molar-refractivity contribution in [2.24, 2.45) is 0 Å².